The molecule has 0 aliphatic carbocycles. The topological polar surface area (TPSA) is 89.9 Å². The minimum atomic E-state index is -3.75. The van der Waals surface area contributed by atoms with Crippen molar-refractivity contribution in [2.24, 2.45) is 0 Å². The van der Waals surface area contributed by atoms with E-state index in [4.69, 9.17) is 14.4 Å². The fourth-order valence-electron chi connectivity index (χ4n) is 2.61. The van der Waals surface area contributed by atoms with Gasteiger partial charge in [-0.2, -0.15) is 0 Å². The largest absolute Gasteiger partial charge is 0.481 e. The SMILES string of the molecule is O=COC(CC(=O)O)P1(=O)Oc2ccccc2-c2ccccc21. The number of carbonyl (C=O) groups excluding carboxylic acids is 1. The van der Waals surface area contributed by atoms with E-state index >= 15 is 0 Å². The second kappa shape index (κ2) is 5.89. The predicted molar refractivity (Wildman–Crippen MR) is 82.9 cm³/mol. The Hall–Kier alpha value is -2.59. The molecule has 1 heterocycles. The lowest BCUT2D eigenvalue weighted by molar-refractivity contribution is -0.141. The summed E-state index contributed by atoms with van der Waals surface area (Å²) in [6.45, 7) is 0.0970. The molecule has 1 aliphatic heterocycles. The van der Waals surface area contributed by atoms with Crippen LogP contribution in [-0.4, -0.2) is 23.4 Å². The van der Waals surface area contributed by atoms with Crippen molar-refractivity contribution < 1.29 is 28.5 Å². The molecule has 0 fully saturated rings. The predicted octanol–water partition coefficient (Wildman–Crippen LogP) is 2.62. The standard InChI is InChI=1S/C16H13O6P/c17-10-21-16(9-15(18)19)23(20)14-8-4-2-6-12(14)11-5-1-3-7-13(11)22-23/h1-8,10,16H,9H2,(H,18,19). The number of rotatable bonds is 5. The normalized spacial score (nSPS) is 19.7. The van der Waals surface area contributed by atoms with Gasteiger partial charge in [0.1, 0.15) is 5.75 Å². The summed E-state index contributed by atoms with van der Waals surface area (Å²) in [6, 6.07) is 13.9. The molecule has 0 saturated heterocycles. The van der Waals surface area contributed by atoms with Gasteiger partial charge in [-0.15, -0.1) is 0 Å². The van der Waals surface area contributed by atoms with Gasteiger partial charge < -0.3 is 14.4 Å². The fraction of sp³-hybridized carbons (Fsp3) is 0.125. The smallest absolute Gasteiger partial charge is 0.318 e. The van der Waals surface area contributed by atoms with Gasteiger partial charge in [-0.3, -0.25) is 14.2 Å². The summed E-state index contributed by atoms with van der Waals surface area (Å²) in [7, 11) is -3.75. The molecule has 23 heavy (non-hydrogen) atoms. The van der Waals surface area contributed by atoms with Crippen molar-refractivity contribution in [3.63, 3.8) is 0 Å². The summed E-state index contributed by atoms with van der Waals surface area (Å²) < 4.78 is 24.0. The van der Waals surface area contributed by atoms with Crippen LogP contribution in [0.1, 0.15) is 6.42 Å². The van der Waals surface area contributed by atoms with E-state index in [0.717, 1.165) is 5.56 Å². The Balaban J connectivity index is 2.18. The molecule has 0 radical (unpaired) electrons. The lowest BCUT2D eigenvalue weighted by Crippen LogP contribution is -2.29. The van der Waals surface area contributed by atoms with E-state index in [1.807, 2.05) is 12.1 Å². The molecule has 2 unspecified atom stereocenters. The first-order chi connectivity index (χ1) is 11.1. The number of fused-ring (bicyclic) bond motifs is 3. The Morgan fingerprint density at radius 1 is 1.17 bits per heavy atom. The number of carbonyl (C=O) groups is 2. The third-order valence-corrected chi connectivity index (χ3v) is 6.18. The van der Waals surface area contributed by atoms with Gasteiger partial charge in [-0.05, 0) is 17.7 Å². The van der Waals surface area contributed by atoms with Crippen LogP contribution in [0.2, 0.25) is 0 Å². The molecule has 0 saturated carbocycles. The van der Waals surface area contributed by atoms with Gasteiger partial charge in [0.25, 0.3) is 6.47 Å². The first-order valence-electron chi connectivity index (χ1n) is 6.85. The highest BCUT2D eigenvalue weighted by atomic mass is 31.2. The van der Waals surface area contributed by atoms with E-state index in [1.54, 1.807) is 36.4 Å². The van der Waals surface area contributed by atoms with E-state index < -0.39 is 25.6 Å². The highest BCUT2D eigenvalue weighted by Gasteiger charge is 2.45. The minimum absolute atomic E-state index is 0.0970. The number of hydrogen-bond acceptors (Lipinski definition) is 5. The lowest BCUT2D eigenvalue weighted by Gasteiger charge is -2.32. The molecule has 7 heteroatoms. The molecule has 2 aromatic carbocycles. The van der Waals surface area contributed by atoms with Crippen LogP contribution in [0.15, 0.2) is 48.5 Å². The summed E-state index contributed by atoms with van der Waals surface area (Å²) in [5, 5.41) is 9.38. The van der Waals surface area contributed by atoms with E-state index in [0.29, 0.717) is 16.6 Å². The number of hydrogen-bond donors (Lipinski definition) is 1. The zero-order valence-corrected chi connectivity index (χ0v) is 12.8. The minimum Gasteiger partial charge on any atom is -0.481 e. The Kier molecular flexibility index (Phi) is 3.92. The van der Waals surface area contributed by atoms with Gasteiger partial charge in [-0.1, -0.05) is 36.4 Å². The van der Waals surface area contributed by atoms with Crippen LogP contribution in [0.4, 0.5) is 0 Å². The molecule has 1 aliphatic rings. The zero-order chi connectivity index (χ0) is 16.4. The maximum Gasteiger partial charge on any atom is 0.318 e. The van der Waals surface area contributed by atoms with Crippen LogP contribution in [0.3, 0.4) is 0 Å². The molecule has 2 atom stereocenters. The molecule has 2 aromatic rings. The maximum absolute atomic E-state index is 13.5. The third-order valence-electron chi connectivity index (χ3n) is 3.59. The molecular formula is C16H13O6P. The second-order valence-corrected chi connectivity index (χ2v) is 7.42. The monoisotopic (exact) mass is 332 g/mol. The van der Waals surface area contributed by atoms with Crippen molar-refractivity contribution in [1.82, 2.24) is 0 Å². The van der Waals surface area contributed by atoms with Crippen LogP contribution >= 0.6 is 7.37 Å². The number of para-hydroxylation sites is 1. The lowest BCUT2D eigenvalue weighted by atomic mass is 10.0. The van der Waals surface area contributed by atoms with Crippen LogP contribution < -0.4 is 9.83 Å². The quantitative estimate of drug-likeness (QED) is 0.669. The van der Waals surface area contributed by atoms with Gasteiger partial charge in [0.05, 0.1) is 11.7 Å². The molecule has 3 rings (SSSR count). The number of carboxylic acids is 1. The molecule has 118 valence electrons. The zero-order valence-electron chi connectivity index (χ0n) is 11.9. The average molecular weight is 332 g/mol. The highest BCUT2D eigenvalue weighted by Crippen LogP contribution is 2.58. The van der Waals surface area contributed by atoms with Gasteiger partial charge in [0, 0.05) is 5.56 Å². The van der Waals surface area contributed by atoms with Crippen molar-refractivity contribution in [3.8, 4) is 16.9 Å². The number of benzene rings is 2. The van der Waals surface area contributed by atoms with Gasteiger partial charge in [0.2, 0.25) is 5.85 Å². The molecule has 0 bridgehead atoms. The van der Waals surface area contributed by atoms with Crippen LogP contribution in [0, 0.1) is 0 Å². The van der Waals surface area contributed by atoms with Crippen molar-refractivity contribution in [2.75, 3.05) is 0 Å². The van der Waals surface area contributed by atoms with E-state index in [-0.39, 0.29) is 6.47 Å². The molecule has 0 spiro atoms. The number of aliphatic carboxylic acids is 1. The van der Waals surface area contributed by atoms with Gasteiger partial charge in [0.15, 0.2) is 0 Å². The van der Waals surface area contributed by atoms with Crippen LogP contribution in [0.25, 0.3) is 11.1 Å². The number of carboxylic acid groups (broad SMARTS) is 1. The van der Waals surface area contributed by atoms with Crippen molar-refractivity contribution in [2.45, 2.75) is 12.3 Å². The van der Waals surface area contributed by atoms with Crippen molar-refractivity contribution in [3.05, 3.63) is 48.5 Å². The van der Waals surface area contributed by atoms with Crippen LogP contribution in [-0.2, 0) is 18.9 Å². The first-order valence-corrected chi connectivity index (χ1v) is 8.55. The van der Waals surface area contributed by atoms with E-state index in [9.17, 15) is 14.2 Å². The Morgan fingerprint density at radius 3 is 2.52 bits per heavy atom. The fourth-order valence-corrected chi connectivity index (χ4v) is 5.02. The van der Waals surface area contributed by atoms with Gasteiger partial charge in [-0.25, -0.2) is 0 Å². The van der Waals surface area contributed by atoms with Crippen molar-refractivity contribution in [1.29, 1.82) is 0 Å². The Morgan fingerprint density at radius 2 is 1.83 bits per heavy atom. The Labute approximate surface area is 132 Å². The molecule has 0 aromatic heterocycles. The molecular weight excluding hydrogens is 319 g/mol. The average Bonchev–Trinajstić information content (AvgIpc) is 2.54. The first kappa shape index (κ1) is 15.3. The molecule has 0 amide bonds. The van der Waals surface area contributed by atoms with Crippen LogP contribution in [0.5, 0.6) is 5.75 Å². The summed E-state index contributed by atoms with van der Waals surface area (Å²) in [5.74, 6) is -2.24. The van der Waals surface area contributed by atoms with E-state index in [2.05, 4.69) is 0 Å². The van der Waals surface area contributed by atoms with E-state index in [1.165, 1.54) is 0 Å². The summed E-state index contributed by atoms with van der Waals surface area (Å²) >= 11 is 0. The molecule has 1 N–H and O–H groups in total. The summed E-state index contributed by atoms with van der Waals surface area (Å²) in [5.41, 5.74) is 1.44. The summed E-state index contributed by atoms with van der Waals surface area (Å²) in [6.07, 6.45) is -0.605. The van der Waals surface area contributed by atoms with Crippen molar-refractivity contribution >= 4 is 25.1 Å². The number of ether oxygens (including phenoxy) is 1. The highest BCUT2D eigenvalue weighted by molar-refractivity contribution is 7.68. The molecule has 6 nitrogen and oxygen atoms in total. The van der Waals surface area contributed by atoms with Gasteiger partial charge >= 0.3 is 13.3 Å². The Bertz CT molecular complexity index is 816. The summed E-state index contributed by atoms with van der Waals surface area (Å²) in [4.78, 5) is 21.8. The third kappa shape index (κ3) is 2.62. The maximum atomic E-state index is 13.5. The second-order valence-electron chi connectivity index (χ2n) is 4.99.